The lowest BCUT2D eigenvalue weighted by atomic mass is 9.85. The topological polar surface area (TPSA) is 59.8 Å². The van der Waals surface area contributed by atoms with E-state index < -0.39 is 17.7 Å². The van der Waals surface area contributed by atoms with Crippen LogP contribution in [-0.2, 0) is 10.5 Å². The molecule has 9 heteroatoms. The lowest BCUT2D eigenvalue weighted by Gasteiger charge is -2.32. The fraction of sp³-hybridized carbons (Fsp3) is 0.227. The van der Waals surface area contributed by atoms with Gasteiger partial charge in [0.1, 0.15) is 17.7 Å². The summed E-state index contributed by atoms with van der Waals surface area (Å²) in [7, 11) is 0. The third-order valence-electron chi connectivity index (χ3n) is 5.36. The van der Waals surface area contributed by atoms with E-state index in [4.69, 9.17) is 11.6 Å². The van der Waals surface area contributed by atoms with Crippen molar-refractivity contribution in [3.8, 4) is 0 Å². The Hall–Kier alpha value is -2.71. The van der Waals surface area contributed by atoms with Crippen molar-refractivity contribution < 1.29 is 13.6 Å². The van der Waals surface area contributed by atoms with Gasteiger partial charge < -0.3 is 5.32 Å². The average Bonchev–Trinajstić information content (AvgIpc) is 3.13. The van der Waals surface area contributed by atoms with Crippen molar-refractivity contribution >= 4 is 35.1 Å². The second kappa shape index (κ2) is 8.09. The first-order valence-electron chi connectivity index (χ1n) is 9.81. The molecule has 0 spiro atoms. The van der Waals surface area contributed by atoms with Crippen LogP contribution in [-0.4, -0.2) is 20.5 Å². The summed E-state index contributed by atoms with van der Waals surface area (Å²) >= 11 is 7.64. The predicted octanol–water partition coefficient (Wildman–Crippen LogP) is 5.52. The van der Waals surface area contributed by atoms with E-state index in [1.807, 2.05) is 24.3 Å². The number of Topliss-reactive ketones (excluding diaryl/α,β-unsaturated/α-hetero) is 1. The van der Waals surface area contributed by atoms with E-state index >= 15 is 0 Å². The molecule has 2 aromatic carbocycles. The molecule has 1 atom stereocenters. The number of halogens is 3. The van der Waals surface area contributed by atoms with Crippen molar-refractivity contribution in [3.05, 3.63) is 81.5 Å². The van der Waals surface area contributed by atoms with Crippen LogP contribution in [0.1, 0.15) is 36.4 Å². The molecule has 0 radical (unpaired) electrons. The number of rotatable bonds is 4. The number of hydrogen-bond acceptors (Lipinski definition) is 5. The maximum absolute atomic E-state index is 14.0. The molecule has 0 amide bonds. The number of benzene rings is 2. The molecular weight excluding hydrogens is 442 g/mol. The molecule has 2 heterocycles. The fourth-order valence-electron chi connectivity index (χ4n) is 4.00. The van der Waals surface area contributed by atoms with Crippen LogP contribution in [0.4, 0.5) is 14.7 Å². The van der Waals surface area contributed by atoms with Gasteiger partial charge >= 0.3 is 0 Å². The zero-order valence-corrected chi connectivity index (χ0v) is 17.8. The van der Waals surface area contributed by atoms with Crippen molar-refractivity contribution in [2.75, 3.05) is 5.32 Å². The molecule has 1 aliphatic heterocycles. The maximum Gasteiger partial charge on any atom is 0.227 e. The first-order chi connectivity index (χ1) is 15.0. The molecule has 1 aliphatic carbocycles. The minimum atomic E-state index is -0.730. The highest BCUT2D eigenvalue weighted by Crippen LogP contribution is 2.41. The molecule has 1 aromatic heterocycles. The highest BCUT2D eigenvalue weighted by atomic mass is 35.5. The van der Waals surface area contributed by atoms with Crippen LogP contribution < -0.4 is 5.32 Å². The molecule has 5 nitrogen and oxygen atoms in total. The molecule has 0 fully saturated rings. The summed E-state index contributed by atoms with van der Waals surface area (Å²) in [6.45, 7) is 0. The highest BCUT2D eigenvalue weighted by Gasteiger charge is 2.37. The molecule has 3 aromatic rings. The van der Waals surface area contributed by atoms with E-state index in [-0.39, 0.29) is 5.78 Å². The van der Waals surface area contributed by atoms with Crippen molar-refractivity contribution in [2.24, 2.45) is 0 Å². The number of fused-ring (bicyclic) bond motifs is 1. The number of carbonyl (C=O) groups excluding carboxylic acids is 1. The van der Waals surface area contributed by atoms with Crippen molar-refractivity contribution in [1.29, 1.82) is 0 Å². The van der Waals surface area contributed by atoms with Gasteiger partial charge in [-0.1, -0.05) is 41.6 Å². The Balaban J connectivity index is 1.54. The van der Waals surface area contributed by atoms with Gasteiger partial charge in [0.25, 0.3) is 0 Å². The number of nitrogens with one attached hydrogen (secondary N) is 1. The number of aromatic nitrogens is 3. The summed E-state index contributed by atoms with van der Waals surface area (Å²) in [6, 6.07) is 10.1. The second-order valence-corrected chi connectivity index (χ2v) is 8.79. The van der Waals surface area contributed by atoms with Gasteiger partial charge in [0.2, 0.25) is 11.1 Å². The van der Waals surface area contributed by atoms with Gasteiger partial charge in [-0.25, -0.2) is 13.5 Å². The monoisotopic (exact) mass is 458 g/mol. The molecule has 5 rings (SSSR count). The van der Waals surface area contributed by atoms with Crippen LogP contribution in [0.25, 0.3) is 0 Å². The number of anilines is 1. The minimum Gasteiger partial charge on any atom is -0.328 e. The normalized spacial score (nSPS) is 17.9. The number of ketones is 1. The molecule has 2 aliphatic rings. The Labute approximate surface area is 186 Å². The van der Waals surface area contributed by atoms with Gasteiger partial charge in [-0.15, -0.1) is 5.10 Å². The summed E-state index contributed by atoms with van der Waals surface area (Å²) in [4.78, 5) is 17.3. The first-order valence-corrected chi connectivity index (χ1v) is 11.2. The van der Waals surface area contributed by atoms with Gasteiger partial charge in [-0.3, -0.25) is 4.79 Å². The maximum atomic E-state index is 14.0. The van der Waals surface area contributed by atoms with Gasteiger partial charge in [0, 0.05) is 34.5 Å². The Morgan fingerprint density at radius 1 is 1.16 bits per heavy atom. The minimum absolute atomic E-state index is 0.0464. The standard InChI is InChI=1S/C22H17ClF2N4OS/c23-16-5-2-1-4-12(16)11-31-22-27-21-26-17-6-3-7-18(30)19(17)20(29(21)28-22)13-8-14(24)10-15(25)9-13/h1-2,4-5,8-10,20H,3,6-7,11H2,(H,26,27,28). The van der Waals surface area contributed by atoms with Crippen LogP contribution in [0.3, 0.4) is 0 Å². The lowest BCUT2D eigenvalue weighted by Crippen LogP contribution is -2.31. The fourth-order valence-corrected chi connectivity index (χ4v) is 5.11. The number of thioether (sulfide) groups is 1. The van der Waals surface area contributed by atoms with Gasteiger partial charge in [0.05, 0.1) is 0 Å². The van der Waals surface area contributed by atoms with Crippen LogP contribution in [0, 0.1) is 11.6 Å². The lowest BCUT2D eigenvalue weighted by molar-refractivity contribution is -0.116. The Morgan fingerprint density at radius 3 is 2.71 bits per heavy atom. The Kier molecular flexibility index (Phi) is 5.27. The van der Waals surface area contributed by atoms with Gasteiger partial charge in [-0.2, -0.15) is 4.98 Å². The Morgan fingerprint density at radius 2 is 1.94 bits per heavy atom. The molecule has 0 saturated carbocycles. The summed E-state index contributed by atoms with van der Waals surface area (Å²) < 4.78 is 29.6. The molecule has 1 unspecified atom stereocenters. The highest BCUT2D eigenvalue weighted by molar-refractivity contribution is 7.98. The largest absolute Gasteiger partial charge is 0.328 e. The molecule has 31 heavy (non-hydrogen) atoms. The van der Waals surface area contributed by atoms with Crippen LogP contribution in [0.5, 0.6) is 0 Å². The molecule has 1 N–H and O–H groups in total. The van der Waals surface area contributed by atoms with Crippen LogP contribution in [0.15, 0.2) is 58.9 Å². The van der Waals surface area contributed by atoms with Gasteiger partial charge in [-0.05, 0) is 42.2 Å². The average molecular weight is 459 g/mol. The van der Waals surface area contributed by atoms with E-state index in [1.165, 1.54) is 23.9 Å². The van der Waals surface area contributed by atoms with Crippen LogP contribution >= 0.6 is 23.4 Å². The predicted molar refractivity (Wildman–Crippen MR) is 115 cm³/mol. The second-order valence-electron chi connectivity index (χ2n) is 7.44. The zero-order chi connectivity index (χ0) is 21.5. The summed E-state index contributed by atoms with van der Waals surface area (Å²) in [5.41, 5.74) is 2.52. The third-order valence-corrected chi connectivity index (χ3v) is 6.62. The molecule has 0 bridgehead atoms. The first kappa shape index (κ1) is 20.2. The SMILES string of the molecule is O=C1CCCC2=C1C(c1cc(F)cc(F)c1)n1nc(SCc3ccccc3Cl)nc1N2. The van der Waals surface area contributed by atoms with E-state index in [2.05, 4.69) is 15.4 Å². The number of carbonyl (C=O) groups is 1. The van der Waals surface area contributed by atoms with E-state index in [9.17, 15) is 13.6 Å². The number of hydrogen-bond donors (Lipinski definition) is 1. The smallest absolute Gasteiger partial charge is 0.227 e. The molecular formula is C22H17ClF2N4OS. The van der Waals surface area contributed by atoms with Crippen molar-refractivity contribution in [3.63, 3.8) is 0 Å². The Bertz CT molecular complexity index is 1210. The number of nitrogens with zero attached hydrogens (tertiary/aromatic N) is 3. The quantitative estimate of drug-likeness (QED) is 0.521. The molecule has 0 saturated heterocycles. The summed E-state index contributed by atoms with van der Waals surface area (Å²) in [6.07, 6.45) is 1.79. The number of allylic oxidation sites excluding steroid dienone is 2. The third kappa shape index (κ3) is 3.85. The zero-order valence-electron chi connectivity index (χ0n) is 16.2. The van der Waals surface area contributed by atoms with E-state index in [0.717, 1.165) is 23.7 Å². The van der Waals surface area contributed by atoms with Crippen molar-refractivity contribution in [2.45, 2.75) is 36.2 Å². The summed E-state index contributed by atoms with van der Waals surface area (Å²) in [5.74, 6) is -0.434. The van der Waals surface area contributed by atoms with Crippen molar-refractivity contribution in [1.82, 2.24) is 14.8 Å². The van der Waals surface area contributed by atoms with Crippen LogP contribution in [0.2, 0.25) is 5.02 Å². The van der Waals surface area contributed by atoms with E-state index in [0.29, 0.717) is 45.9 Å². The van der Waals surface area contributed by atoms with E-state index in [1.54, 1.807) is 4.68 Å². The molecule has 158 valence electrons. The summed E-state index contributed by atoms with van der Waals surface area (Å²) in [5, 5.41) is 8.92. The van der Waals surface area contributed by atoms with Gasteiger partial charge in [0.15, 0.2) is 5.78 Å².